The minimum Gasteiger partial charge on any atom is -0.266 e. The Morgan fingerprint density at radius 2 is 2.05 bits per heavy atom. The summed E-state index contributed by atoms with van der Waals surface area (Å²) in [6.45, 7) is -2.97. The molecule has 2 heterocycles. The monoisotopic (exact) mass is 342 g/mol. The summed E-state index contributed by atoms with van der Waals surface area (Å²) in [5.74, 6) is -2.56. The van der Waals surface area contributed by atoms with Gasteiger partial charge >= 0.3 is 12.7 Å². The van der Waals surface area contributed by atoms with Crippen LogP contribution in [0.15, 0.2) is 17.4 Å². The van der Waals surface area contributed by atoms with Crippen molar-refractivity contribution < 1.29 is 26.7 Å². The van der Waals surface area contributed by atoms with Gasteiger partial charge in [0, 0.05) is 6.20 Å². The smallest absolute Gasteiger partial charge is 0.266 e. The summed E-state index contributed by atoms with van der Waals surface area (Å²) < 4.78 is 63.5. The Hall–Kier alpha value is -2.18. The Kier molecular flexibility index (Phi) is 4.35. The molecule has 0 aliphatic carbocycles. The molecular weight excluding hydrogens is 335 g/mol. The summed E-state index contributed by atoms with van der Waals surface area (Å²) in [4.78, 5) is 11.8. The first-order valence-corrected chi connectivity index (χ1v) is 6.67. The van der Waals surface area contributed by atoms with Gasteiger partial charge in [0.1, 0.15) is 0 Å². The first kappa shape index (κ1) is 16.2. The van der Waals surface area contributed by atoms with E-state index >= 15 is 0 Å². The maximum atomic E-state index is 12.8. The van der Waals surface area contributed by atoms with Crippen LogP contribution < -0.4 is 5.43 Å². The molecule has 1 N–H and O–H groups in total. The van der Waals surface area contributed by atoms with Gasteiger partial charge in [-0.15, -0.1) is 10.2 Å². The van der Waals surface area contributed by atoms with Crippen molar-refractivity contribution in [2.24, 2.45) is 0 Å². The van der Waals surface area contributed by atoms with Gasteiger partial charge in [0.2, 0.25) is 5.16 Å². The fraction of sp³-hybridized carbons (Fsp3) is 0.333. The van der Waals surface area contributed by atoms with E-state index in [4.69, 9.17) is 0 Å². The fourth-order valence-corrected chi connectivity index (χ4v) is 1.85. The highest BCUT2D eigenvalue weighted by Gasteiger charge is 2.39. The molecule has 0 aromatic carbocycles. The molecule has 0 aliphatic heterocycles. The number of hydrogen-bond acceptors (Lipinski definition) is 5. The molecule has 0 radical (unpaired) electrons. The van der Waals surface area contributed by atoms with Crippen LogP contribution in [-0.4, -0.2) is 36.8 Å². The van der Waals surface area contributed by atoms with E-state index in [2.05, 4.69) is 15.3 Å². The van der Waals surface area contributed by atoms with Crippen molar-refractivity contribution in [2.75, 3.05) is 11.7 Å². The summed E-state index contributed by atoms with van der Waals surface area (Å²) in [5.41, 5.74) is 1.40. The van der Waals surface area contributed by atoms with E-state index < -0.39 is 30.2 Å². The zero-order valence-electron chi connectivity index (χ0n) is 10.7. The van der Waals surface area contributed by atoms with E-state index in [0.29, 0.717) is 4.68 Å². The highest BCUT2D eigenvalue weighted by molar-refractivity contribution is 7.98. The Balaban J connectivity index is 2.29. The maximum absolute atomic E-state index is 12.8. The normalized spacial score (nSPS) is 12.0. The molecule has 120 valence electrons. The minimum absolute atomic E-state index is 0.196. The number of carbonyl (C=O) groups excluding carboxylic acids is 1. The van der Waals surface area contributed by atoms with Gasteiger partial charge in [0.25, 0.3) is 11.7 Å². The summed E-state index contributed by atoms with van der Waals surface area (Å²) in [5, 5.41) is 9.24. The van der Waals surface area contributed by atoms with Crippen molar-refractivity contribution in [3.05, 3.63) is 23.8 Å². The van der Waals surface area contributed by atoms with Gasteiger partial charge < -0.3 is 0 Å². The lowest BCUT2D eigenvalue weighted by Gasteiger charge is -2.11. The molecule has 0 atom stereocenters. The van der Waals surface area contributed by atoms with Crippen molar-refractivity contribution in [3.63, 3.8) is 0 Å². The van der Waals surface area contributed by atoms with Gasteiger partial charge in [-0.2, -0.15) is 27.1 Å². The molecule has 0 saturated heterocycles. The van der Waals surface area contributed by atoms with Gasteiger partial charge in [-0.25, -0.2) is 9.36 Å². The molecule has 2 rings (SSSR count). The molecule has 2 aromatic rings. The molecule has 0 unspecified atom stereocenters. The lowest BCUT2D eigenvalue weighted by Crippen LogP contribution is -2.29. The van der Waals surface area contributed by atoms with E-state index in [-0.39, 0.29) is 9.84 Å². The van der Waals surface area contributed by atoms with Crippen molar-refractivity contribution in [1.29, 1.82) is 0 Å². The predicted octanol–water partition coefficient (Wildman–Crippen LogP) is 1.99. The Bertz CT molecular complexity index is 680. The highest BCUT2D eigenvalue weighted by Crippen LogP contribution is 2.29. The molecular formula is C9H7F5N6OS. The second-order valence-corrected chi connectivity index (χ2v) is 4.52. The SMILES string of the molecule is CSc1nnc(C(F)(F)F)n1NC(=O)c1ccn(C(F)F)n1. The van der Waals surface area contributed by atoms with Gasteiger partial charge in [-0.3, -0.25) is 10.2 Å². The highest BCUT2D eigenvalue weighted by atomic mass is 32.2. The van der Waals surface area contributed by atoms with E-state index in [1.807, 2.05) is 5.43 Å². The molecule has 0 spiro atoms. The summed E-state index contributed by atoms with van der Waals surface area (Å²) in [6, 6.07) is 0.942. The molecule has 0 bridgehead atoms. The number of hydrogen-bond donors (Lipinski definition) is 1. The third-order valence-electron chi connectivity index (χ3n) is 2.32. The van der Waals surface area contributed by atoms with E-state index in [0.717, 1.165) is 24.0 Å². The molecule has 22 heavy (non-hydrogen) atoms. The van der Waals surface area contributed by atoms with Crippen LogP contribution in [0.3, 0.4) is 0 Å². The van der Waals surface area contributed by atoms with Crippen LogP contribution in [0.2, 0.25) is 0 Å². The maximum Gasteiger partial charge on any atom is 0.453 e. The van der Waals surface area contributed by atoms with Gasteiger partial charge in [0.05, 0.1) is 0 Å². The second kappa shape index (κ2) is 5.90. The van der Waals surface area contributed by atoms with Crippen LogP contribution in [-0.2, 0) is 6.18 Å². The number of alkyl halides is 5. The third-order valence-corrected chi connectivity index (χ3v) is 2.95. The third kappa shape index (κ3) is 3.18. The number of rotatable bonds is 4. The van der Waals surface area contributed by atoms with Crippen LogP contribution in [0, 0.1) is 0 Å². The number of carbonyl (C=O) groups is 1. The quantitative estimate of drug-likeness (QED) is 0.679. The lowest BCUT2D eigenvalue weighted by atomic mass is 10.4. The predicted molar refractivity (Wildman–Crippen MR) is 64.0 cm³/mol. The minimum atomic E-state index is -4.85. The van der Waals surface area contributed by atoms with Crippen LogP contribution in [0.5, 0.6) is 0 Å². The largest absolute Gasteiger partial charge is 0.453 e. The van der Waals surface area contributed by atoms with Crippen molar-refractivity contribution in [1.82, 2.24) is 24.7 Å². The van der Waals surface area contributed by atoms with E-state index in [1.54, 1.807) is 0 Å². The van der Waals surface area contributed by atoms with E-state index in [9.17, 15) is 26.7 Å². The van der Waals surface area contributed by atoms with Gasteiger partial charge in [-0.1, -0.05) is 11.8 Å². The van der Waals surface area contributed by atoms with E-state index in [1.165, 1.54) is 6.26 Å². The molecule has 0 saturated carbocycles. The molecule has 7 nitrogen and oxygen atoms in total. The first-order chi connectivity index (χ1) is 10.2. The lowest BCUT2D eigenvalue weighted by molar-refractivity contribution is -0.146. The van der Waals surface area contributed by atoms with Crippen molar-refractivity contribution >= 4 is 17.7 Å². The Labute approximate surface area is 123 Å². The first-order valence-electron chi connectivity index (χ1n) is 5.45. The Morgan fingerprint density at radius 3 is 2.55 bits per heavy atom. The second-order valence-electron chi connectivity index (χ2n) is 3.74. The molecule has 2 aromatic heterocycles. The molecule has 1 amide bonds. The van der Waals surface area contributed by atoms with Crippen LogP contribution in [0.1, 0.15) is 22.9 Å². The average Bonchev–Trinajstić information content (AvgIpc) is 3.04. The zero-order valence-corrected chi connectivity index (χ0v) is 11.5. The topological polar surface area (TPSA) is 77.6 Å². The zero-order chi connectivity index (χ0) is 16.5. The summed E-state index contributed by atoms with van der Waals surface area (Å²) in [7, 11) is 0. The van der Waals surface area contributed by atoms with Crippen LogP contribution in [0.4, 0.5) is 22.0 Å². The molecule has 0 fully saturated rings. The number of aromatic nitrogens is 5. The molecule has 13 heteroatoms. The van der Waals surface area contributed by atoms with Crippen molar-refractivity contribution in [3.8, 4) is 0 Å². The Morgan fingerprint density at radius 1 is 1.36 bits per heavy atom. The van der Waals surface area contributed by atoms with Crippen LogP contribution >= 0.6 is 11.8 Å². The average molecular weight is 342 g/mol. The number of thioether (sulfide) groups is 1. The number of halogens is 5. The van der Waals surface area contributed by atoms with Crippen LogP contribution in [0.25, 0.3) is 0 Å². The standard InChI is InChI=1S/C9H7F5N6OS/c1-22-8-16-15-6(9(12,13)14)20(8)18-5(21)4-2-3-19(17-4)7(10)11/h2-3,7H,1H3,(H,18,21). The number of nitrogens with one attached hydrogen (secondary N) is 1. The fourth-order valence-electron chi connectivity index (χ4n) is 1.41. The number of amides is 1. The molecule has 0 aliphatic rings. The van der Waals surface area contributed by atoms with Gasteiger partial charge in [-0.05, 0) is 12.3 Å². The summed E-state index contributed by atoms with van der Waals surface area (Å²) in [6.07, 6.45) is -2.60. The number of nitrogens with zero attached hydrogens (tertiary/aromatic N) is 5. The van der Waals surface area contributed by atoms with Crippen molar-refractivity contribution in [2.45, 2.75) is 17.9 Å². The van der Waals surface area contributed by atoms with Gasteiger partial charge in [0.15, 0.2) is 5.69 Å². The summed E-state index contributed by atoms with van der Waals surface area (Å²) >= 11 is 0.809.